The molecule has 0 amide bonds. The number of hydrogen-bond acceptors (Lipinski definition) is 2. The van der Waals surface area contributed by atoms with Gasteiger partial charge in [0, 0.05) is 19.6 Å². The van der Waals surface area contributed by atoms with Gasteiger partial charge in [-0.15, -0.1) is 0 Å². The lowest BCUT2D eigenvalue weighted by molar-refractivity contribution is -0.227. The summed E-state index contributed by atoms with van der Waals surface area (Å²) in [6.07, 6.45) is -5.36. The van der Waals surface area contributed by atoms with Crippen molar-refractivity contribution in [1.82, 2.24) is 4.90 Å². The summed E-state index contributed by atoms with van der Waals surface area (Å²) in [5.74, 6) is -2.54. The number of aliphatic carboxylic acids is 1. The molecule has 0 bridgehead atoms. The zero-order valence-electron chi connectivity index (χ0n) is 10.8. The Kier molecular flexibility index (Phi) is 4.17. The Morgan fingerprint density at radius 2 is 2.10 bits per heavy atom. The van der Waals surface area contributed by atoms with Crippen molar-refractivity contribution in [3.63, 3.8) is 0 Å². The van der Waals surface area contributed by atoms with Gasteiger partial charge in [-0.3, -0.25) is 9.69 Å². The number of alkyl halides is 3. The van der Waals surface area contributed by atoms with Gasteiger partial charge in [-0.2, -0.15) is 13.2 Å². The zero-order valence-corrected chi connectivity index (χ0v) is 11.5. The van der Waals surface area contributed by atoms with E-state index in [1.807, 2.05) is 0 Å². The molecule has 1 atom stereocenters. The molecule has 21 heavy (non-hydrogen) atoms. The molecule has 0 spiro atoms. The minimum atomic E-state index is -4.83. The Hall–Kier alpha value is -1.34. The van der Waals surface area contributed by atoms with E-state index in [4.69, 9.17) is 16.7 Å². The standard InChI is InChI=1S/C13H12ClF4NO2/c14-10-8(2-1-3-9(10)15)6-19-5-4-12(7-19,11(20)21)13(16,17)18/h1-3H,4-7H2,(H,20,21). The number of rotatable bonds is 3. The van der Waals surface area contributed by atoms with Gasteiger partial charge in [-0.05, 0) is 18.1 Å². The maximum absolute atomic E-state index is 13.3. The van der Waals surface area contributed by atoms with Gasteiger partial charge in [0.1, 0.15) is 5.82 Å². The predicted octanol–water partition coefficient (Wildman–Crippen LogP) is 3.32. The molecule has 1 saturated heterocycles. The van der Waals surface area contributed by atoms with E-state index in [0.29, 0.717) is 5.56 Å². The molecular formula is C13H12ClF4NO2. The van der Waals surface area contributed by atoms with Crippen molar-refractivity contribution in [3.05, 3.63) is 34.6 Å². The van der Waals surface area contributed by atoms with Crippen molar-refractivity contribution in [2.45, 2.75) is 19.1 Å². The van der Waals surface area contributed by atoms with E-state index >= 15 is 0 Å². The fourth-order valence-electron chi connectivity index (χ4n) is 2.46. The van der Waals surface area contributed by atoms with E-state index in [2.05, 4.69) is 0 Å². The van der Waals surface area contributed by atoms with Crippen molar-refractivity contribution in [1.29, 1.82) is 0 Å². The Labute approximate surface area is 123 Å². The molecule has 1 fully saturated rings. The lowest BCUT2D eigenvalue weighted by Crippen LogP contribution is -2.47. The van der Waals surface area contributed by atoms with Crippen LogP contribution in [0.15, 0.2) is 18.2 Å². The van der Waals surface area contributed by atoms with Gasteiger partial charge in [0.15, 0.2) is 5.41 Å². The van der Waals surface area contributed by atoms with Crippen LogP contribution < -0.4 is 0 Å². The van der Waals surface area contributed by atoms with Crippen LogP contribution in [0.25, 0.3) is 0 Å². The molecule has 2 rings (SSSR count). The number of carboxylic acid groups (broad SMARTS) is 1. The van der Waals surface area contributed by atoms with Crippen molar-refractivity contribution in [2.75, 3.05) is 13.1 Å². The molecule has 1 aliphatic heterocycles. The maximum atomic E-state index is 13.3. The number of halogens is 5. The summed E-state index contributed by atoms with van der Waals surface area (Å²) in [5, 5.41) is 8.79. The molecule has 1 aromatic rings. The summed E-state index contributed by atoms with van der Waals surface area (Å²) in [4.78, 5) is 12.4. The molecule has 3 nitrogen and oxygen atoms in total. The van der Waals surface area contributed by atoms with Crippen LogP contribution in [-0.4, -0.2) is 35.2 Å². The Bertz CT molecular complexity index is 564. The maximum Gasteiger partial charge on any atom is 0.406 e. The topological polar surface area (TPSA) is 40.5 Å². The summed E-state index contributed by atoms with van der Waals surface area (Å²) in [6, 6.07) is 4.05. The van der Waals surface area contributed by atoms with Crippen LogP contribution in [-0.2, 0) is 11.3 Å². The SMILES string of the molecule is O=C(O)C1(C(F)(F)F)CCN(Cc2cccc(F)c2Cl)C1. The molecule has 0 radical (unpaired) electrons. The molecule has 0 saturated carbocycles. The number of carbonyl (C=O) groups is 1. The summed E-state index contributed by atoms with van der Waals surface area (Å²) in [6.45, 7) is -0.737. The first-order valence-electron chi connectivity index (χ1n) is 6.13. The molecule has 0 aromatic heterocycles. The third-order valence-corrected chi connectivity index (χ3v) is 4.15. The molecule has 1 aromatic carbocycles. The molecule has 1 unspecified atom stereocenters. The fourth-order valence-corrected chi connectivity index (χ4v) is 2.65. The van der Waals surface area contributed by atoms with Crippen LogP contribution in [0, 0.1) is 11.2 Å². The van der Waals surface area contributed by atoms with E-state index in [0.717, 1.165) is 6.07 Å². The Balaban J connectivity index is 2.19. The first-order chi connectivity index (χ1) is 9.67. The van der Waals surface area contributed by atoms with Crippen molar-refractivity contribution in [3.8, 4) is 0 Å². The van der Waals surface area contributed by atoms with Crippen LogP contribution in [0.2, 0.25) is 5.02 Å². The fraction of sp³-hybridized carbons (Fsp3) is 0.462. The average Bonchev–Trinajstić information content (AvgIpc) is 2.80. The lowest BCUT2D eigenvalue weighted by atomic mass is 9.86. The minimum Gasteiger partial charge on any atom is -0.481 e. The van der Waals surface area contributed by atoms with Crippen LogP contribution in [0.4, 0.5) is 17.6 Å². The van der Waals surface area contributed by atoms with Crippen LogP contribution in [0.3, 0.4) is 0 Å². The monoisotopic (exact) mass is 325 g/mol. The summed E-state index contributed by atoms with van der Waals surface area (Å²) < 4.78 is 52.4. The van der Waals surface area contributed by atoms with Gasteiger partial charge in [-0.1, -0.05) is 23.7 Å². The number of carboxylic acids is 1. The van der Waals surface area contributed by atoms with Gasteiger partial charge < -0.3 is 5.11 Å². The van der Waals surface area contributed by atoms with E-state index in [9.17, 15) is 22.4 Å². The number of likely N-dealkylation sites (tertiary alicyclic amines) is 1. The van der Waals surface area contributed by atoms with Gasteiger partial charge >= 0.3 is 12.1 Å². The summed E-state index contributed by atoms with van der Waals surface area (Å²) in [5.41, 5.74) is -2.44. The zero-order chi connectivity index (χ0) is 15.8. The second-order valence-electron chi connectivity index (χ2n) is 5.06. The number of hydrogen-bond donors (Lipinski definition) is 1. The lowest BCUT2D eigenvalue weighted by Gasteiger charge is -2.27. The highest BCUT2D eigenvalue weighted by Crippen LogP contribution is 2.46. The van der Waals surface area contributed by atoms with Crippen molar-refractivity contribution < 1.29 is 27.5 Å². The highest BCUT2D eigenvalue weighted by atomic mass is 35.5. The molecule has 116 valence electrons. The first kappa shape index (κ1) is 16.0. The Morgan fingerprint density at radius 3 is 2.62 bits per heavy atom. The van der Waals surface area contributed by atoms with Crippen LogP contribution in [0.5, 0.6) is 0 Å². The number of benzene rings is 1. The normalized spacial score (nSPS) is 23.5. The smallest absolute Gasteiger partial charge is 0.406 e. The van der Waals surface area contributed by atoms with Crippen molar-refractivity contribution >= 4 is 17.6 Å². The highest BCUT2D eigenvalue weighted by molar-refractivity contribution is 6.31. The van der Waals surface area contributed by atoms with E-state index < -0.39 is 36.3 Å². The largest absolute Gasteiger partial charge is 0.481 e. The summed E-state index contributed by atoms with van der Waals surface area (Å²) in [7, 11) is 0. The van der Waals surface area contributed by atoms with Gasteiger partial charge in [-0.25, -0.2) is 4.39 Å². The molecular weight excluding hydrogens is 314 g/mol. The molecule has 1 N–H and O–H groups in total. The van der Waals surface area contributed by atoms with Crippen molar-refractivity contribution in [2.24, 2.45) is 5.41 Å². The van der Waals surface area contributed by atoms with E-state index in [1.54, 1.807) is 0 Å². The Morgan fingerprint density at radius 1 is 1.43 bits per heavy atom. The van der Waals surface area contributed by atoms with Gasteiger partial charge in [0.25, 0.3) is 0 Å². The van der Waals surface area contributed by atoms with Gasteiger partial charge in [0.2, 0.25) is 0 Å². The van der Waals surface area contributed by atoms with E-state index in [1.165, 1.54) is 17.0 Å². The highest BCUT2D eigenvalue weighted by Gasteiger charge is 2.63. The predicted molar refractivity (Wildman–Crippen MR) is 67.4 cm³/mol. The third-order valence-electron chi connectivity index (χ3n) is 3.73. The summed E-state index contributed by atoms with van der Waals surface area (Å²) >= 11 is 5.75. The molecule has 8 heteroatoms. The average molecular weight is 326 g/mol. The van der Waals surface area contributed by atoms with Gasteiger partial charge in [0.05, 0.1) is 5.02 Å². The third kappa shape index (κ3) is 2.85. The van der Waals surface area contributed by atoms with Crippen LogP contribution >= 0.6 is 11.6 Å². The molecule has 0 aliphatic carbocycles. The first-order valence-corrected chi connectivity index (χ1v) is 6.50. The molecule has 1 aliphatic rings. The minimum absolute atomic E-state index is 0.0261. The quantitative estimate of drug-likeness (QED) is 0.867. The molecule has 1 heterocycles. The van der Waals surface area contributed by atoms with Crippen LogP contribution in [0.1, 0.15) is 12.0 Å². The number of nitrogens with zero attached hydrogens (tertiary/aromatic N) is 1. The van der Waals surface area contributed by atoms with E-state index in [-0.39, 0.29) is 18.1 Å². The second-order valence-corrected chi connectivity index (χ2v) is 5.44. The second kappa shape index (κ2) is 5.46.